The van der Waals surface area contributed by atoms with Crippen molar-refractivity contribution < 1.29 is 5.11 Å². The van der Waals surface area contributed by atoms with Crippen molar-refractivity contribution in [2.24, 2.45) is 0 Å². The van der Waals surface area contributed by atoms with Crippen LogP contribution in [0.15, 0.2) is 48.5 Å². The van der Waals surface area contributed by atoms with E-state index >= 15 is 0 Å². The van der Waals surface area contributed by atoms with E-state index in [2.05, 4.69) is 18.2 Å². The normalized spacial score (nSPS) is 10.3. The van der Waals surface area contributed by atoms with Gasteiger partial charge >= 0.3 is 0 Å². The fourth-order valence-corrected chi connectivity index (χ4v) is 1.75. The molecule has 2 aromatic rings. The summed E-state index contributed by atoms with van der Waals surface area (Å²) in [4.78, 5) is 0. The molecular weight excluding hydrogens is 184 g/mol. The first-order valence-electron chi connectivity index (χ1n) is 5.06. The van der Waals surface area contributed by atoms with Gasteiger partial charge in [-0.1, -0.05) is 48.0 Å². The molecule has 2 aromatic carbocycles. The third-order valence-electron chi connectivity index (χ3n) is 2.43. The average Bonchev–Trinajstić information content (AvgIpc) is 2.29. The van der Waals surface area contributed by atoms with Crippen LogP contribution in [0.2, 0.25) is 0 Å². The molecular formula is C14H14O. The lowest BCUT2D eigenvalue weighted by molar-refractivity contribution is 0.282. The highest BCUT2D eigenvalue weighted by molar-refractivity contribution is 5.64. The van der Waals surface area contributed by atoms with Crippen molar-refractivity contribution >= 4 is 0 Å². The predicted molar refractivity (Wildman–Crippen MR) is 62.5 cm³/mol. The first kappa shape index (κ1) is 9.94. The summed E-state index contributed by atoms with van der Waals surface area (Å²) in [5, 5.41) is 9.13. The van der Waals surface area contributed by atoms with Crippen molar-refractivity contribution in [2.75, 3.05) is 0 Å². The van der Waals surface area contributed by atoms with Gasteiger partial charge in [-0.05, 0) is 29.7 Å². The van der Waals surface area contributed by atoms with Gasteiger partial charge in [0.1, 0.15) is 0 Å². The van der Waals surface area contributed by atoms with E-state index in [1.54, 1.807) is 0 Å². The van der Waals surface area contributed by atoms with E-state index in [9.17, 15) is 0 Å². The van der Waals surface area contributed by atoms with Gasteiger partial charge in [-0.3, -0.25) is 0 Å². The summed E-state index contributed by atoms with van der Waals surface area (Å²) in [5.74, 6) is 0. The van der Waals surface area contributed by atoms with Crippen molar-refractivity contribution in [1.82, 2.24) is 0 Å². The van der Waals surface area contributed by atoms with E-state index < -0.39 is 0 Å². The topological polar surface area (TPSA) is 20.2 Å². The second kappa shape index (κ2) is 4.28. The molecule has 0 aliphatic rings. The molecule has 1 N–H and O–H groups in total. The summed E-state index contributed by atoms with van der Waals surface area (Å²) >= 11 is 0. The van der Waals surface area contributed by atoms with Crippen molar-refractivity contribution in [2.45, 2.75) is 13.5 Å². The second-order valence-corrected chi connectivity index (χ2v) is 3.73. The Kier molecular flexibility index (Phi) is 2.84. The monoisotopic (exact) mass is 198 g/mol. The second-order valence-electron chi connectivity index (χ2n) is 3.73. The first-order valence-corrected chi connectivity index (χ1v) is 5.06. The Balaban J connectivity index is 2.49. The highest BCUT2D eigenvalue weighted by atomic mass is 16.3. The number of hydrogen-bond donors (Lipinski definition) is 1. The van der Waals surface area contributed by atoms with Gasteiger partial charge in [0.2, 0.25) is 0 Å². The number of aliphatic hydroxyl groups excluding tert-OH is 1. The van der Waals surface area contributed by atoms with Crippen LogP contribution in [0, 0.1) is 6.92 Å². The minimum atomic E-state index is 0.0987. The average molecular weight is 198 g/mol. The molecule has 0 radical (unpaired) electrons. The highest BCUT2D eigenvalue weighted by Crippen LogP contribution is 2.21. The summed E-state index contributed by atoms with van der Waals surface area (Å²) in [5.41, 5.74) is 4.50. The number of aliphatic hydroxyl groups is 1. The van der Waals surface area contributed by atoms with E-state index in [4.69, 9.17) is 5.11 Å². The summed E-state index contributed by atoms with van der Waals surface area (Å²) in [6.45, 7) is 2.15. The maximum Gasteiger partial charge on any atom is 0.0682 e. The van der Waals surface area contributed by atoms with E-state index in [0.717, 1.165) is 5.56 Å². The molecule has 0 saturated heterocycles. The molecule has 1 nitrogen and oxygen atoms in total. The van der Waals surface area contributed by atoms with Gasteiger partial charge in [-0.2, -0.15) is 0 Å². The number of aryl methyl sites for hydroxylation is 1. The molecule has 0 aliphatic heterocycles. The van der Waals surface area contributed by atoms with E-state index in [1.165, 1.54) is 16.7 Å². The molecule has 0 spiro atoms. The lowest BCUT2D eigenvalue weighted by atomic mass is 10.0. The summed E-state index contributed by atoms with van der Waals surface area (Å²) in [6, 6.07) is 16.4. The van der Waals surface area contributed by atoms with Crippen LogP contribution in [0.5, 0.6) is 0 Å². The minimum absolute atomic E-state index is 0.0987. The van der Waals surface area contributed by atoms with Gasteiger partial charge in [0.15, 0.2) is 0 Å². The Morgan fingerprint density at radius 3 is 2.33 bits per heavy atom. The summed E-state index contributed by atoms with van der Waals surface area (Å²) < 4.78 is 0. The van der Waals surface area contributed by atoms with Crippen LogP contribution >= 0.6 is 0 Å². The molecule has 0 atom stereocenters. The summed E-state index contributed by atoms with van der Waals surface area (Å²) in [6.07, 6.45) is 0. The van der Waals surface area contributed by atoms with E-state index in [-0.39, 0.29) is 6.61 Å². The molecule has 0 amide bonds. The molecule has 0 heterocycles. The predicted octanol–water partition coefficient (Wildman–Crippen LogP) is 3.15. The van der Waals surface area contributed by atoms with Crippen LogP contribution in [0.25, 0.3) is 11.1 Å². The lowest BCUT2D eigenvalue weighted by Crippen LogP contribution is -1.87. The molecule has 0 unspecified atom stereocenters. The van der Waals surface area contributed by atoms with Crippen LogP contribution in [-0.2, 0) is 6.61 Å². The van der Waals surface area contributed by atoms with Crippen LogP contribution in [0.4, 0.5) is 0 Å². The third-order valence-corrected chi connectivity index (χ3v) is 2.43. The molecule has 0 bridgehead atoms. The van der Waals surface area contributed by atoms with Gasteiger partial charge in [0.25, 0.3) is 0 Å². The zero-order valence-electron chi connectivity index (χ0n) is 8.77. The van der Waals surface area contributed by atoms with Gasteiger partial charge in [0, 0.05) is 0 Å². The van der Waals surface area contributed by atoms with Crippen LogP contribution in [-0.4, -0.2) is 5.11 Å². The van der Waals surface area contributed by atoms with Crippen LogP contribution in [0.1, 0.15) is 11.1 Å². The highest BCUT2D eigenvalue weighted by Gasteiger charge is 1.99. The van der Waals surface area contributed by atoms with Crippen molar-refractivity contribution in [3.63, 3.8) is 0 Å². The Hall–Kier alpha value is -1.60. The van der Waals surface area contributed by atoms with Crippen molar-refractivity contribution in [3.8, 4) is 11.1 Å². The molecule has 2 rings (SSSR count). The minimum Gasteiger partial charge on any atom is -0.392 e. The number of rotatable bonds is 2. The zero-order chi connectivity index (χ0) is 10.7. The number of hydrogen-bond acceptors (Lipinski definition) is 1. The Labute approximate surface area is 90.0 Å². The molecule has 0 aromatic heterocycles. The third kappa shape index (κ3) is 2.25. The zero-order valence-corrected chi connectivity index (χ0v) is 8.77. The number of benzene rings is 2. The Bertz CT molecular complexity index is 446. The molecule has 1 heteroatoms. The molecule has 0 aliphatic carbocycles. The Morgan fingerprint density at radius 2 is 1.67 bits per heavy atom. The molecule has 76 valence electrons. The quantitative estimate of drug-likeness (QED) is 0.786. The fourth-order valence-electron chi connectivity index (χ4n) is 1.75. The van der Waals surface area contributed by atoms with Gasteiger partial charge in [0.05, 0.1) is 6.61 Å². The van der Waals surface area contributed by atoms with Crippen LogP contribution in [0.3, 0.4) is 0 Å². The maximum absolute atomic E-state index is 9.13. The SMILES string of the molecule is Cc1cc(CO)cc(-c2ccccc2)c1. The summed E-state index contributed by atoms with van der Waals surface area (Å²) in [7, 11) is 0. The van der Waals surface area contributed by atoms with Crippen molar-refractivity contribution in [3.05, 3.63) is 59.7 Å². The Morgan fingerprint density at radius 1 is 0.933 bits per heavy atom. The van der Waals surface area contributed by atoms with Crippen LogP contribution < -0.4 is 0 Å². The smallest absolute Gasteiger partial charge is 0.0682 e. The molecule has 0 saturated carbocycles. The maximum atomic E-state index is 9.13. The largest absolute Gasteiger partial charge is 0.392 e. The van der Waals surface area contributed by atoms with Gasteiger partial charge in [-0.25, -0.2) is 0 Å². The van der Waals surface area contributed by atoms with E-state index in [1.807, 2.05) is 37.3 Å². The van der Waals surface area contributed by atoms with Gasteiger partial charge in [-0.15, -0.1) is 0 Å². The van der Waals surface area contributed by atoms with Gasteiger partial charge < -0.3 is 5.11 Å². The standard InChI is InChI=1S/C14H14O/c1-11-7-12(10-15)9-14(8-11)13-5-3-2-4-6-13/h2-9,15H,10H2,1H3. The molecule has 15 heavy (non-hydrogen) atoms. The lowest BCUT2D eigenvalue weighted by Gasteiger charge is -2.05. The van der Waals surface area contributed by atoms with Crippen molar-refractivity contribution in [1.29, 1.82) is 0 Å². The fraction of sp³-hybridized carbons (Fsp3) is 0.143. The van der Waals surface area contributed by atoms with E-state index in [0.29, 0.717) is 0 Å². The molecule has 0 fully saturated rings. The first-order chi connectivity index (χ1) is 7.29.